The summed E-state index contributed by atoms with van der Waals surface area (Å²) in [5.74, 6) is 0. The number of fused-ring (bicyclic) bond motifs is 1. The molecule has 0 saturated carbocycles. The molecule has 2 fully saturated rings. The lowest BCUT2D eigenvalue weighted by Crippen LogP contribution is -2.44. The number of piperidine rings is 1. The van der Waals surface area contributed by atoms with Crippen LogP contribution in [0.15, 0.2) is 42.7 Å². The van der Waals surface area contributed by atoms with Crippen molar-refractivity contribution >= 4 is 5.65 Å². The number of piperazine rings is 1. The summed E-state index contributed by atoms with van der Waals surface area (Å²) in [6.07, 6.45) is 9.92. The van der Waals surface area contributed by atoms with Crippen LogP contribution in [0.2, 0.25) is 0 Å². The van der Waals surface area contributed by atoms with E-state index in [1.807, 2.05) is 12.3 Å². The van der Waals surface area contributed by atoms with Gasteiger partial charge in [-0.25, -0.2) is 4.98 Å². The molecule has 0 amide bonds. The van der Waals surface area contributed by atoms with Crippen molar-refractivity contribution in [2.24, 2.45) is 0 Å². The lowest BCUT2D eigenvalue weighted by atomic mass is 9.90. The van der Waals surface area contributed by atoms with Gasteiger partial charge in [0.1, 0.15) is 5.65 Å². The van der Waals surface area contributed by atoms with Crippen molar-refractivity contribution in [1.82, 2.24) is 29.1 Å². The first-order chi connectivity index (χ1) is 16.1. The smallest absolute Gasteiger partial charge is 0.137 e. The van der Waals surface area contributed by atoms with E-state index in [1.54, 1.807) is 0 Å². The molecular weight excluding hydrogens is 408 g/mol. The highest BCUT2D eigenvalue weighted by Gasteiger charge is 2.34. The molecule has 5 rings (SSSR count). The molecule has 0 radical (unpaired) electrons. The first kappa shape index (κ1) is 22.5. The van der Waals surface area contributed by atoms with Gasteiger partial charge in [0, 0.05) is 44.3 Å². The van der Waals surface area contributed by atoms with Gasteiger partial charge < -0.3 is 14.2 Å². The fourth-order valence-corrected chi connectivity index (χ4v) is 5.76. The topological polar surface area (TPSA) is 39.9 Å². The molecule has 5 heterocycles. The van der Waals surface area contributed by atoms with E-state index in [0.29, 0.717) is 12.1 Å². The second-order valence-corrected chi connectivity index (χ2v) is 9.95. The summed E-state index contributed by atoms with van der Waals surface area (Å²) in [7, 11) is 4.50. The Kier molecular flexibility index (Phi) is 6.76. The average Bonchev–Trinajstić information content (AvgIpc) is 3.19. The molecular formula is C27H38N6. The molecule has 33 heavy (non-hydrogen) atoms. The van der Waals surface area contributed by atoms with E-state index in [1.165, 1.54) is 68.2 Å². The Morgan fingerprint density at radius 2 is 1.73 bits per heavy atom. The maximum absolute atomic E-state index is 5.19. The minimum atomic E-state index is 0.337. The van der Waals surface area contributed by atoms with Crippen LogP contribution in [-0.4, -0.2) is 75.9 Å². The number of nitrogens with zero attached hydrogens (tertiary/aromatic N) is 6. The molecule has 6 heteroatoms. The van der Waals surface area contributed by atoms with Gasteiger partial charge >= 0.3 is 0 Å². The molecule has 2 atom stereocenters. The Balaban J connectivity index is 1.38. The Labute approximate surface area is 198 Å². The Morgan fingerprint density at radius 3 is 2.52 bits per heavy atom. The molecule has 3 aromatic heterocycles. The van der Waals surface area contributed by atoms with E-state index in [9.17, 15) is 0 Å². The zero-order valence-corrected chi connectivity index (χ0v) is 20.5. The Morgan fingerprint density at radius 1 is 0.939 bits per heavy atom. The van der Waals surface area contributed by atoms with Crippen LogP contribution in [0.5, 0.6) is 0 Å². The fourth-order valence-electron chi connectivity index (χ4n) is 5.76. The highest BCUT2D eigenvalue weighted by atomic mass is 15.2. The third kappa shape index (κ3) is 4.70. The van der Waals surface area contributed by atoms with Crippen LogP contribution in [-0.2, 0) is 6.42 Å². The Hall–Kier alpha value is -2.28. The number of imidazole rings is 1. The zero-order valence-electron chi connectivity index (χ0n) is 20.5. The monoisotopic (exact) mass is 446 g/mol. The third-order valence-corrected chi connectivity index (χ3v) is 7.76. The molecule has 0 aliphatic carbocycles. The molecule has 2 unspecified atom stereocenters. The second-order valence-electron chi connectivity index (χ2n) is 9.95. The molecule has 0 aromatic carbocycles. The van der Waals surface area contributed by atoms with Crippen molar-refractivity contribution in [2.45, 2.75) is 51.1 Å². The number of aromatic nitrogens is 3. The van der Waals surface area contributed by atoms with E-state index in [2.05, 4.69) is 70.6 Å². The minimum absolute atomic E-state index is 0.337. The highest BCUT2D eigenvalue weighted by Crippen LogP contribution is 2.41. The molecule has 6 nitrogen and oxygen atoms in total. The summed E-state index contributed by atoms with van der Waals surface area (Å²) in [6.45, 7) is 8.10. The van der Waals surface area contributed by atoms with Gasteiger partial charge in [-0.3, -0.25) is 9.88 Å². The normalized spacial score (nSPS) is 23.4. The van der Waals surface area contributed by atoms with Crippen LogP contribution in [0.3, 0.4) is 0 Å². The van der Waals surface area contributed by atoms with Crippen molar-refractivity contribution in [3.63, 3.8) is 0 Å². The first-order valence-electron chi connectivity index (χ1n) is 12.6. The lowest BCUT2D eigenvalue weighted by Gasteiger charge is -2.39. The molecule has 0 spiro atoms. The van der Waals surface area contributed by atoms with Crippen molar-refractivity contribution in [1.29, 1.82) is 0 Å². The van der Waals surface area contributed by atoms with Crippen LogP contribution >= 0.6 is 0 Å². The fraction of sp³-hybridized carbons (Fsp3) is 0.556. The van der Waals surface area contributed by atoms with Crippen molar-refractivity contribution in [3.8, 4) is 0 Å². The number of aryl methyl sites for hydroxylation is 2. The molecule has 2 saturated heterocycles. The summed E-state index contributed by atoms with van der Waals surface area (Å²) in [4.78, 5) is 17.6. The van der Waals surface area contributed by atoms with Crippen LogP contribution in [0.25, 0.3) is 5.65 Å². The zero-order chi connectivity index (χ0) is 22.8. The summed E-state index contributed by atoms with van der Waals surface area (Å²) in [6, 6.07) is 11.3. The summed E-state index contributed by atoms with van der Waals surface area (Å²) < 4.78 is 2.34. The SMILES string of the molecule is Cc1cccnc1C1CCCC(c2nc3ccccn3c2CCCN2CCN(C)CC2)N1C. The number of likely N-dealkylation sites (N-methyl/N-ethyl adjacent to an activating group) is 1. The lowest BCUT2D eigenvalue weighted by molar-refractivity contribution is 0.108. The largest absolute Gasteiger partial charge is 0.304 e. The van der Waals surface area contributed by atoms with E-state index >= 15 is 0 Å². The van der Waals surface area contributed by atoms with Gasteiger partial charge in [-0.15, -0.1) is 0 Å². The number of pyridine rings is 2. The van der Waals surface area contributed by atoms with Gasteiger partial charge in [0.2, 0.25) is 0 Å². The maximum atomic E-state index is 5.19. The van der Waals surface area contributed by atoms with Crippen LogP contribution in [0.1, 0.15) is 60.4 Å². The van der Waals surface area contributed by atoms with Gasteiger partial charge in [-0.05, 0) is 83.4 Å². The number of hydrogen-bond acceptors (Lipinski definition) is 5. The van der Waals surface area contributed by atoms with Gasteiger partial charge in [0.05, 0.1) is 23.5 Å². The van der Waals surface area contributed by atoms with Crippen LogP contribution in [0, 0.1) is 6.92 Å². The van der Waals surface area contributed by atoms with Crippen molar-refractivity contribution < 1.29 is 0 Å². The Bertz CT molecular complexity index is 1070. The van der Waals surface area contributed by atoms with Crippen molar-refractivity contribution in [3.05, 3.63) is 65.4 Å². The van der Waals surface area contributed by atoms with Gasteiger partial charge in [0.25, 0.3) is 0 Å². The summed E-state index contributed by atoms with van der Waals surface area (Å²) in [5, 5.41) is 0. The first-order valence-corrected chi connectivity index (χ1v) is 12.6. The quantitative estimate of drug-likeness (QED) is 0.570. The second kappa shape index (κ2) is 9.92. The highest BCUT2D eigenvalue weighted by molar-refractivity contribution is 5.44. The molecule has 176 valence electrons. The predicted octanol–water partition coefficient (Wildman–Crippen LogP) is 4.12. The van der Waals surface area contributed by atoms with E-state index in [0.717, 1.165) is 24.9 Å². The number of rotatable bonds is 6. The average molecular weight is 447 g/mol. The maximum Gasteiger partial charge on any atom is 0.137 e. The number of hydrogen-bond donors (Lipinski definition) is 0. The van der Waals surface area contributed by atoms with Gasteiger partial charge in [-0.1, -0.05) is 12.1 Å². The summed E-state index contributed by atoms with van der Waals surface area (Å²) >= 11 is 0. The standard InChI is InChI=1S/C27H38N6/c1-21-9-7-14-28-26(21)22-10-6-11-23(31(22)3)27-24(33-16-5-4-13-25(33)29-27)12-8-15-32-19-17-30(2)18-20-32/h4-5,7,9,13-14,16,22-23H,6,8,10-12,15,17-20H2,1-3H3. The van der Waals surface area contributed by atoms with E-state index in [4.69, 9.17) is 9.97 Å². The van der Waals surface area contributed by atoms with E-state index < -0.39 is 0 Å². The van der Waals surface area contributed by atoms with Crippen molar-refractivity contribution in [2.75, 3.05) is 46.8 Å². The third-order valence-electron chi connectivity index (χ3n) is 7.76. The van der Waals surface area contributed by atoms with Crippen LogP contribution in [0.4, 0.5) is 0 Å². The molecule has 3 aromatic rings. The predicted molar refractivity (Wildman–Crippen MR) is 134 cm³/mol. The molecule has 0 N–H and O–H groups in total. The summed E-state index contributed by atoms with van der Waals surface area (Å²) in [5.41, 5.74) is 6.27. The molecule has 2 aliphatic heterocycles. The van der Waals surface area contributed by atoms with Crippen LogP contribution < -0.4 is 0 Å². The van der Waals surface area contributed by atoms with E-state index in [-0.39, 0.29) is 0 Å². The van der Waals surface area contributed by atoms with Gasteiger partial charge in [0.15, 0.2) is 0 Å². The molecule has 0 bridgehead atoms. The molecule has 2 aliphatic rings. The van der Waals surface area contributed by atoms with Gasteiger partial charge in [-0.2, -0.15) is 0 Å². The number of likely N-dealkylation sites (tertiary alicyclic amines) is 1. The minimum Gasteiger partial charge on any atom is -0.304 e.